The third-order valence-corrected chi connectivity index (χ3v) is 2.98. The van der Waals surface area contributed by atoms with Crippen molar-refractivity contribution in [3.63, 3.8) is 0 Å². The monoisotopic (exact) mass is 352 g/mol. The lowest BCUT2D eigenvalue weighted by Crippen LogP contribution is -2.04. The van der Waals surface area contributed by atoms with E-state index in [0.29, 0.717) is 23.8 Å². The minimum absolute atomic E-state index is 0.436. The van der Waals surface area contributed by atoms with Crippen LogP contribution in [0.4, 0.5) is 0 Å². The molecular weight excluding hydrogens is 338 g/mol. The van der Waals surface area contributed by atoms with Crippen LogP contribution in [0.3, 0.4) is 0 Å². The zero-order valence-corrected chi connectivity index (χ0v) is 12.2. The zero-order valence-electron chi connectivity index (χ0n) is 9.30. The van der Waals surface area contributed by atoms with Gasteiger partial charge >= 0.3 is 0 Å². The summed E-state index contributed by atoms with van der Waals surface area (Å²) in [4.78, 5) is 11.2. The van der Waals surface area contributed by atoms with Crippen LogP contribution in [0.15, 0.2) is 18.2 Å². The number of halogens is 2. The lowest BCUT2D eigenvalue weighted by Gasteiger charge is -2.10. The van der Waals surface area contributed by atoms with Gasteiger partial charge in [-0.3, -0.25) is 4.79 Å². The second kappa shape index (κ2) is 6.45. The normalized spacial score (nSPS) is 10.6. The van der Waals surface area contributed by atoms with Crippen molar-refractivity contribution >= 4 is 39.4 Å². The Kier molecular flexibility index (Phi) is 5.55. The average Bonchev–Trinajstić information content (AvgIpc) is 2.16. The molecule has 0 spiro atoms. The molecule has 16 heavy (non-hydrogen) atoms. The SMILES string of the molecule is CC(C)CCOc1cc(I)ccc1C(=O)Cl. The molecule has 0 radical (unpaired) electrons. The van der Waals surface area contributed by atoms with Gasteiger partial charge in [0, 0.05) is 3.57 Å². The minimum Gasteiger partial charge on any atom is -0.493 e. The standard InChI is InChI=1S/C12H14ClIO2/c1-8(2)5-6-16-11-7-9(14)3-4-10(11)12(13)15/h3-4,7-8H,5-6H2,1-2H3. The Balaban J connectivity index is 2.76. The fourth-order valence-electron chi connectivity index (χ4n) is 1.18. The van der Waals surface area contributed by atoms with Gasteiger partial charge in [-0.1, -0.05) is 13.8 Å². The van der Waals surface area contributed by atoms with Crippen molar-refractivity contribution in [2.75, 3.05) is 6.61 Å². The molecule has 0 saturated carbocycles. The molecule has 0 saturated heterocycles. The van der Waals surface area contributed by atoms with Gasteiger partial charge in [0.25, 0.3) is 5.24 Å². The molecule has 0 heterocycles. The van der Waals surface area contributed by atoms with Crippen molar-refractivity contribution in [1.82, 2.24) is 0 Å². The molecule has 2 nitrogen and oxygen atoms in total. The zero-order chi connectivity index (χ0) is 12.1. The molecule has 0 aromatic heterocycles. The van der Waals surface area contributed by atoms with Gasteiger partial charge < -0.3 is 4.74 Å². The number of rotatable bonds is 5. The highest BCUT2D eigenvalue weighted by atomic mass is 127. The Morgan fingerprint density at radius 2 is 2.19 bits per heavy atom. The Hall–Kier alpha value is -0.290. The second-order valence-corrected chi connectivity index (χ2v) is 5.53. The Bertz CT molecular complexity index is 377. The van der Waals surface area contributed by atoms with E-state index < -0.39 is 5.24 Å². The highest BCUT2D eigenvalue weighted by molar-refractivity contribution is 14.1. The number of carbonyl (C=O) groups excluding carboxylic acids is 1. The summed E-state index contributed by atoms with van der Waals surface area (Å²) in [5, 5.41) is -0.476. The van der Waals surface area contributed by atoms with Crippen LogP contribution in [0.5, 0.6) is 5.75 Å². The van der Waals surface area contributed by atoms with E-state index in [1.807, 2.05) is 12.1 Å². The summed E-state index contributed by atoms with van der Waals surface area (Å²) in [6.07, 6.45) is 0.960. The van der Waals surface area contributed by atoms with Crippen molar-refractivity contribution in [2.45, 2.75) is 20.3 Å². The fraction of sp³-hybridized carbons (Fsp3) is 0.417. The van der Waals surface area contributed by atoms with Crippen LogP contribution in [-0.4, -0.2) is 11.8 Å². The van der Waals surface area contributed by atoms with Gasteiger partial charge in [-0.15, -0.1) is 0 Å². The number of benzene rings is 1. The molecule has 4 heteroatoms. The first-order valence-electron chi connectivity index (χ1n) is 5.13. The third-order valence-electron chi connectivity index (χ3n) is 2.11. The molecule has 0 unspecified atom stereocenters. The Labute approximate surface area is 114 Å². The first kappa shape index (κ1) is 13.8. The Morgan fingerprint density at radius 3 is 2.75 bits per heavy atom. The second-order valence-electron chi connectivity index (χ2n) is 3.95. The molecule has 0 bridgehead atoms. The average molecular weight is 353 g/mol. The molecule has 1 aromatic rings. The smallest absolute Gasteiger partial charge is 0.256 e. The predicted octanol–water partition coefficient (Wildman–Crippen LogP) is 4.10. The van der Waals surface area contributed by atoms with Gasteiger partial charge in [0.2, 0.25) is 0 Å². The lowest BCUT2D eigenvalue weighted by atomic mass is 10.1. The van der Waals surface area contributed by atoms with Crippen molar-refractivity contribution in [1.29, 1.82) is 0 Å². The van der Waals surface area contributed by atoms with Gasteiger partial charge in [-0.05, 0) is 64.7 Å². The van der Waals surface area contributed by atoms with Crippen LogP contribution in [0.1, 0.15) is 30.6 Å². The highest BCUT2D eigenvalue weighted by Gasteiger charge is 2.10. The third kappa shape index (κ3) is 4.29. The van der Waals surface area contributed by atoms with Crippen molar-refractivity contribution in [3.8, 4) is 5.75 Å². The molecular formula is C12H14ClIO2. The lowest BCUT2D eigenvalue weighted by molar-refractivity contribution is 0.107. The maximum absolute atomic E-state index is 11.2. The van der Waals surface area contributed by atoms with Crippen LogP contribution in [0, 0.1) is 9.49 Å². The van der Waals surface area contributed by atoms with Crippen LogP contribution in [-0.2, 0) is 0 Å². The summed E-state index contributed by atoms with van der Waals surface area (Å²) in [7, 11) is 0. The summed E-state index contributed by atoms with van der Waals surface area (Å²) in [6, 6.07) is 5.36. The van der Waals surface area contributed by atoms with E-state index in [1.165, 1.54) is 0 Å². The minimum atomic E-state index is -0.476. The van der Waals surface area contributed by atoms with Crippen LogP contribution < -0.4 is 4.74 Å². The largest absolute Gasteiger partial charge is 0.493 e. The summed E-state index contributed by atoms with van der Waals surface area (Å²) in [5.41, 5.74) is 0.436. The molecule has 0 aliphatic carbocycles. The quantitative estimate of drug-likeness (QED) is 0.589. The number of hydrogen-bond donors (Lipinski definition) is 0. The van der Waals surface area contributed by atoms with E-state index >= 15 is 0 Å². The van der Waals surface area contributed by atoms with Crippen LogP contribution >= 0.6 is 34.2 Å². The van der Waals surface area contributed by atoms with Gasteiger partial charge in [0.15, 0.2) is 0 Å². The molecule has 1 aromatic carbocycles. The van der Waals surface area contributed by atoms with Gasteiger partial charge in [-0.25, -0.2) is 0 Å². The first-order valence-corrected chi connectivity index (χ1v) is 6.58. The molecule has 1 rings (SSSR count). The van der Waals surface area contributed by atoms with E-state index in [0.717, 1.165) is 9.99 Å². The number of carbonyl (C=O) groups is 1. The van der Waals surface area contributed by atoms with Crippen molar-refractivity contribution in [3.05, 3.63) is 27.3 Å². The van der Waals surface area contributed by atoms with Crippen LogP contribution in [0.25, 0.3) is 0 Å². The predicted molar refractivity (Wildman–Crippen MR) is 74.3 cm³/mol. The topological polar surface area (TPSA) is 26.3 Å². The molecule has 0 atom stereocenters. The van der Waals surface area contributed by atoms with Gasteiger partial charge in [0.05, 0.1) is 12.2 Å². The molecule has 0 aliphatic rings. The van der Waals surface area contributed by atoms with Crippen molar-refractivity contribution in [2.24, 2.45) is 5.92 Å². The maximum atomic E-state index is 11.2. The van der Waals surface area contributed by atoms with E-state index in [4.69, 9.17) is 16.3 Å². The van der Waals surface area contributed by atoms with E-state index in [-0.39, 0.29) is 0 Å². The van der Waals surface area contributed by atoms with Gasteiger partial charge in [0.1, 0.15) is 5.75 Å². The molecule has 0 N–H and O–H groups in total. The number of hydrogen-bond acceptors (Lipinski definition) is 2. The Morgan fingerprint density at radius 1 is 1.50 bits per heavy atom. The van der Waals surface area contributed by atoms with E-state index in [2.05, 4.69) is 36.4 Å². The first-order chi connectivity index (χ1) is 7.50. The maximum Gasteiger partial charge on any atom is 0.256 e. The summed E-state index contributed by atoms with van der Waals surface area (Å²) >= 11 is 7.66. The molecule has 0 fully saturated rings. The summed E-state index contributed by atoms with van der Waals surface area (Å²) in [5.74, 6) is 1.16. The van der Waals surface area contributed by atoms with Gasteiger partial charge in [-0.2, -0.15) is 0 Å². The van der Waals surface area contributed by atoms with Crippen molar-refractivity contribution < 1.29 is 9.53 Å². The number of ether oxygens (including phenoxy) is 1. The van der Waals surface area contributed by atoms with E-state index in [1.54, 1.807) is 6.07 Å². The molecule has 88 valence electrons. The molecule has 0 aliphatic heterocycles. The fourth-order valence-corrected chi connectivity index (χ4v) is 1.80. The molecule has 0 amide bonds. The summed E-state index contributed by atoms with van der Waals surface area (Å²) < 4.78 is 6.61. The summed E-state index contributed by atoms with van der Waals surface area (Å²) in [6.45, 7) is 4.87. The highest BCUT2D eigenvalue weighted by Crippen LogP contribution is 2.23. The van der Waals surface area contributed by atoms with Crippen LogP contribution in [0.2, 0.25) is 0 Å². The van der Waals surface area contributed by atoms with E-state index in [9.17, 15) is 4.79 Å².